The monoisotopic (exact) mass is 342 g/mol. The van der Waals surface area contributed by atoms with E-state index in [0.717, 1.165) is 0 Å². The zero-order valence-electron chi connectivity index (χ0n) is 12.6. The smallest absolute Gasteiger partial charge is 0.226 e. The SMILES string of the molecule is C[C@]1(NC(=O)CC[N+](C)(C)C)CS(=O)(=O)C[C@H]1S(=O)(=O)[O-]. The molecule has 1 fully saturated rings. The Morgan fingerprint density at radius 3 is 2.33 bits per heavy atom. The first kappa shape index (κ1) is 18.3. The Labute approximate surface area is 125 Å². The van der Waals surface area contributed by atoms with Gasteiger partial charge in [-0.3, -0.25) is 4.79 Å². The number of amides is 1. The number of quaternary nitrogens is 1. The predicted molar refractivity (Wildman–Crippen MR) is 76.2 cm³/mol. The van der Waals surface area contributed by atoms with Gasteiger partial charge in [-0.15, -0.1) is 0 Å². The molecule has 1 amide bonds. The molecule has 21 heavy (non-hydrogen) atoms. The number of rotatable bonds is 5. The second-order valence-electron chi connectivity index (χ2n) is 6.77. The van der Waals surface area contributed by atoms with Crippen LogP contribution in [-0.2, 0) is 24.7 Å². The molecule has 0 aromatic carbocycles. The van der Waals surface area contributed by atoms with E-state index in [9.17, 15) is 26.2 Å². The van der Waals surface area contributed by atoms with Gasteiger partial charge in [0.2, 0.25) is 5.91 Å². The second-order valence-corrected chi connectivity index (χ2v) is 10.4. The van der Waals surface area contributed by atoms with E-state index in [1.165, 1.54) is 6.92 Å². The maximum Gasteiger partial charge on any atom is 0.226 e. The first-order valence-electron chi connectivity index (χ1n) is 6.41. The first-order chi connectivity index (χ1) is 9.15. The highest BCUT2D eigenvalue weighted by Crippen LogP contribution is 2.28. The Balaban J connectivity index is 2.90. The van der Waals surface area contributed by atoms with Gasteiger partial charge in [0.1, 0.15) is 10.1 Å². The van der Waals surface area contributed by atoms with E-state index in [2.05, 4.69) is 5.32 Å². The molecule has 2 atom stereocenters. The van der Waals surface area contributed by atoms with Crippen LogP contribution in [0.15, 0.2) is 0 Å². The zero-order valence-corrected chi connectivity index (χ0v) is 14.3. The van der Waals surface area contributed by atoms with Crippen molar-refractivity contribution < 1.29 is 30.7 Å². The lowest BCUT2D eigenvalue weighted by Crippen LogP contribution is -2.57. The summed E-state index contributed by atoms with van der Waals surface area (Å²) in [6, 6.07) is 0. The summed E-state index contributed by atoms with van der Waals surface area (Å²) in [6.07, 6.45) is 0.116. The predicted octanol–water partition coefficient (Wildman–Crippen LogP) is -1.70. The van der Waals surface area contributed by atoms with E-state index >= 15 is 0 Å². The summed E-state index contributed by atoms with van der Waals surface area (Å²) in [5.74, 6) is -1.75. The first-order valence-corrected chi connectivity index (χ1v) is 9.71. The highest BCUT2D eigenvalue weighted by Gasteiger charge is 2.51. The third kappa shape index (κ3) is 5.20. The Morgan fingerprint density at radius 1 is 1.38 bits per heavy atom. The molecular formula is C11H22N2O6S2. The zero-order chi connectivity index (χ0) is 16.7. The molecule has 124 valence electrons. The van der Waals surface area contributed by atoms with E-state index in [-0.39, 0.29) is 6.42 Å². The molecule has 0 aromatic rings. The number of carbonyl (C=O) groups is 1. The van der Waals surface area contributed by atoms with Crippen molar-refractivity contribution in [2.24, 2.45) is 0 Å². The fraction of sp³-hybridized carbons (Fsp3) is 0.909. The van der Waals surface area contributed by atoms with Crippen LogP contribution in [0.25, 0.3) is 0 Å². The largest absolute Gasteiger partial charge is 0.748 e. The van der Waals surface area contributed by atoms with Crippen LogP contribution in [0.3, 0.4) is 0 Å². The number of nitrogens with zero attached hydrogens (tertiary/aromatic N) is 1. The van der Waals surface area contributed by atoms with Crippen molar-refractivity contribution in [2.45, 2.75) is 24.1 Å². The summed E-state index contributed by atoms with van der Waals surface area (Å²) >= 11 is 0. The molecule has 1 saturated heterocycles. The molecular weight excluding hydrogens is 320 g/mol. The van der Waals surface area contributed by atoms with Gasteiger partial charge in [-0.1, -0.05) is 0 Å². The van der Waals surface area contributed by atoms with Gasteiger partial charge in [-0.05, 0) is 6.92 Å². The van der Waals surface area contributed by atoms with Crippen LogP contribution in [0.5, 0.6) is 0 Å². The van der Waals surface area contributed by atoms with Gasteiger partial charge in [-0.2, -0.15) is 0 Å². The molecule has 0 saturated carbocycles. The molecule has 10 heteroatoms. The molecule has 8 nitrogen and oxygen atoms in total. The highest BCUT2D eigenvalue weighted by molar-refractivity contribution is 7.94. The van der Waals surface area contributed by atoms with E-state index in [1.807, 2.05) is 21.1 Å². The molecule has 0 spiro atoms. The molecule has 1 N–H and O–H groups in total. The third-order valence-corrected chi connectivity index (χ3v) is 6.89. The maximum absolute atomic E-state index is 11.9. The molecule has 1 heterocycles. The van der Waals surface area contributed by atoms with Gasteiger partial charge in [-0.25, -0.2) is 16.8 Å². The van der Waals surface area contributed by atoms with Crippen molar-refractivity contribution in [3.63, 3.8) is 0 Å². The van der Waals surface area contributed by atoms with Crippen molar-refractivity contribution in [3.8, 4) is 0 Å². The Bertz CT molecular complexity index is 620. The summed E-state index contributed by atoms with van der Waals surface area (Å²) in [7, 11) is -2.82. The van der Waals surface area contributed by atoms with Gasteiger partial charge in [0.15, 0.2) is 9.84 Å². The third-order valence-electron chi connectivity index (χ3n) is 3.42. The van der Waals surface area contributed by atoms with Crippen molar-refractivity contribution in [2.75, 3.05) is 39.2 Å². The van der Waals surface area contributed by atoms with Crippen molar-refractivity contribution >= 4 is 25.9 Å². The molecule has 1 rings (SSSR count). The number of nitrogens with one attached hydrogen (secondary N) is 1. The number of sulfone groups is 1. The molecule has 0 aromatic heterocycles. The molecule has 0 aliphatic carbocycles. The lowest BCUT2D eigenvalue weighted by molar-refractivity contribution is -0.869. The quantitative estimate of drug-likeness (QED) is 0.470. The van der Waals surface area contributed by atoms with E-state index in [4.69, 9.17) is 0 Å². The summed E-state index contributed by atoms with van der Waals surface area (Å²) in [5, 5.41) is 0.783. The van der Waals surface area contributed by atoms with Gasteiger partial charge in [0.05, 0.1) is 56.4 Å². The summed E-state index contributed by atoms with van der Waals surface area (Å²) in [6.45, 7) is 1.80. The fourth-order valence-corrected chi connectivity index (χ4v) is 6.67. The number of hydrogen-bond donors (Lipinski definition) is 1. The average molecular weight is 342 g/mol. The van der Waals surface area contributed by atoms with E-state index in [1.54, 1.807) is 0 Å². The molecule has 0 unspecified atom stereocenters. The van der Waals surface area contributed by atoms with E-state index < -0.39 is 48.2 Å². The number of carbonyl (C=O) groups excluding carboxylic acids is 1. The van der Waals surface area contributed by atoms with Crippen molar-refractivity contribution in [1.29, 1.82) is 0 Å². The Kier molecular flexibility index (Phi) is 4.79. The lowest BCUT2D eigenvalue weighted by atomic mass is 10.0. The maximum atomic E-state index is 11.9. The lowest BCUT2D eigenvalue weighted by Gasteiger charge is -2.33. The minimum absolute atomic E-state index is 0.116. The van der Waals surface area contributed by atoms with Crippen molar-refractivity contribution in [1.82, 2.24) is 5.32 Å². The van der Waals surface area contributed by atoms with Crippen molar-refractivity contribution in [3.05, 3.63) is 0 Å². The van der Waals surface area contributed by atoms with Crippen LogP contribution < -0.4 is 5.32 Å². The topological polar surface area (TPSA) is 120 Å². The summed E-state index contributed by atoms with van der Waals surface area (Å²) in [4.78, 5) is 11.9. The molecule has 1 aliphatic rings. The standard InChI is InChI=1S/C11H22N2O6S2/c1-11(12-10(14)5-6-13(2,3)4)8-20(15,16)7-9(11)21(17,18)19/h9H,5-8H2,1-4H3,(H-,12,14,17,18,19)/t9-,11+/m1/s1. The summed E-state index contributed by atoms with van der Waals surface area (Å²) < 4.78 is 57.6. The average Bonchev–Trinajstić information content (AvgIpc) is 2.44. The van der Waals surface area contributed by atoms with Crippen LogP contribution in [0.2, 0.25) is 0 Å². The van der Waals surface area contributed by atoms with Gasteiger partial charge < -0.3 is 14.4 Å². The minimum atomic E-state index is -4.82. The Hall–Kier alpha value is -0.710. The van der Waals surface area contributed by atoms with Gasteiger partial charge in [0, 0.05) is 0 Å². The second kappa shape index (κ2) is 5.49. The Morgan fingerprint density at radius 2 is 1.90 bits per heavy atom. The molecule has 1 aliphatic heterocycles. The van der Waals surface area contributed by atoms with Crippen LogP contribution in [0.1, 0.15) is 13.3 Å². The van der Waals surface area contributed by atoms with Crippen LogP contribution in [0, 0.1) is 0 Å². The van der Waals surface area contributed by atoms with Crippen LogP contribution in [0.4, 0.5) is 0 Å². The van der Waals surface area contributed by atoms with Crippen LogP contribution >= 0.6 is 0 Å². The molecule has 0 radical (unpaired) electrons. The van der Waals surface area contributed by atoms with Crippen LogP contribution in [-0.4, -0.2) is 81.8 Å². The normalized spacial score (nSPS) is 29.3. The number of hydrogen-bond acceptors (Lipinski definition) is 6. The molecule has 0 bridgehead atoms. The van der Waals surface area contributed by atoms with Gasteiger partial charge >= 0.3 is 0 Å². The van der Waals surface area contributed by atoms with Gasteiger partial charge in [0.25, 0.3) is 0 Å². The van der Waals surface area contributed by atoms with E-state index in [0.29, 0.717) is 11.0 Å². The summed E-state index contributed by atoms with van der Waals surface area (Å²) in [5.41, 5.74) is -1.57. The minimum Gasteiger partial charge on any atom is -0.748 e. The fourth-order valence-electron chi connectivity index (χ4n) is 2.36. The highest BCUT2D eigenvalue weighted by atomic mass is 32.2.